The molecule has 0 aromatic heterocycles. The predicted octanol–water partition coefficient (Wildman–Crippen LogP) is 2.12. The van der Waals surface area contributed by atoms with E-state index in [9.17, 15) is 9.18 Å². The van der Waals surface area contributed by atoms with Crippen LogP contribution in [0.25, 0.3) is 0 Å². The summed E-state index contributed by atoms with van der Waals surface area (Å²) in [5.41, 5.74) is 0.359. The van der Waals surface area contributed by atoms with E-state index in [0.29, 0.717) is 5.56 Å². The Kier molecular flexibility index (Phi) is 1.79. The number of carbonyl (C=O) groups excluding carboxylic acids is 1. The average molecular weight is 180 g/mol. The van der Waals surface area contributed by atoms with Crippen LogP contribution < -0.4 is 0 Å². The van der Waals surface area contributed by atoms with Crippen LogP contribution in [0.1, 0.15) is 23.2 Å². The number of benzene rings is 1. The summed E-state index contributed by atoms with van der Waals surface area (Å²) >= 11 is 0. The van der Waals surface area contributed by atoms with E-state index in [4.69, 9.17) is 5.11 Å². The van der Waals surface area contributed by atoms with Crippen LogP contribution in [0.4, 0.5) is 4.39 Å². The lowest BCUT2D eigenvalue weighted by Crippen LogP contribution is -2.01. The van der Waals surface area contributed by atoms with Gasteiger partial charge < -0.3 is 5.11 Å². The molecule has 1 aliphatic carbocycles. The number of halogens is 1. The summed E-state index contributed by atoms with van der Waals surface area (Å²) in [7, 11) is 0. The first-order chi connectivity index (χ1) is 6.18. The molecule has 3 heteroatoms. The standard InChI is InChI=1S/C10H9FO2/c11-8-5-7(3-4-9(8)12)10(13)6-1-2-6/h3-6,12H,1-2H2. The Balaban J connectivity index is 2.30. The third kappa shape index (κ3) is 1.54. The lowest BCUT2D eigenvalue weighted by molar-refractivity contribution is 0.0967. The molecular weight excluding hydrogens is 171 g/mol. The third-order valence-corrected chi connectivity index (χ3v) is 2.18. The lowest BCUT2D eigenvalue weighted by Gasteiger charge is -1.99. The molecule has 1 aromatic rings. The minimum absolute atomic E-state index is 0.0149. The second-order valence-electron chi connectivity index (χ2n) is 3.30. The zero-order valence-corrected chi connectivity index (χ0v) is 6.96. The summed E-state index contributed by atoms with van der Waals surface area (Å²) in [6, 6.07) is 3.76. The molecule has 1 aromatic carbocycles. The van der Waals surface area contributed by atoms with E-state index in [1.165, 1.54) is 12.1 Å². The highest BCUT2D eigenvalue weighted by Gasteiger charge is 2.30. The van der Waals surface area contributed by atoms with Crippen molar-refractivity contribution in [1.29, 1.82) is 0 Å². The van der Waals surface area contributed by atoms with Gasteiger partial charge in [0.15, 0.2) is 17.3 Å². The molecule has 0 saturated heterocycles. The minimum atomic E-state index is -0.730. The van der Waals surface area contributed by atoms with Crippen LogP contribution in [0, 0.1) is 11.7 Å². The van der Waals surface area contributed by atoms with E-state index >= 15 is 0 Å². The number of hydrogen-bond donors (Lipinski definition) is 1. The summed E-state index contributed by atoms with van der Waals surface area (Å²) in [6.07, 6.45) is 1.81. The third-order valence-electron chi connectivity index (χ3n) is 2.18. The molecule has 13 heavy (non-hydrogen) atoms. The summed E-state index contributed by atoms with van der Waals surface area (Å²) in [5.74, 6) is -1.07. The molecule has 0 atom stereocenters. The first-order valence-corrected chi connectivity index (χ1v) is 4.21. The fourth-order valence-electron chi connectivity index (χ4n) is 1.24. The maximum Gasteiger partial charge on any atom is 0.166 e. The van der Waals surface area contributed by atoms with Gasteiger partial charge in [-0.05, 0) is 31.0 Å². The second-order valence-corrected chi connectivity index (χ2v) is 3.30. The van der Waals surface area contributed by atoms with Gasteiger partial charge in [-0.25, -0.2) is 4.39 Å². The first-order valence-electron chi connectivity index (χ1n) is 4.21. The van der Waals surface area contributed by atoms with Crippen LogP contribution in [0.2, 0.25) is 0 Å². The van der Waals surface area contributed by atoms with Gasteiger partial charge in [-0.1, -0.05) is 0 Å². The minimum Gasteiger partial charge on any atom is -0.505 e. The van der Waals surface area contributed by atoms with Crippen LogP contribution in [0.3, 0.4) is 0 Å². The SMILES string of the molecule is O=C(c1ccc(O)c(F)c1)C1CC1. The fourth-order valence-corrected chi connectivity index (χ4v) is 1.24. The highest BCUT2D eigenvalue weighted by molar-refractivity contribution is 5.99. The number of ketones is 1. The molecule has 0 amide bonds. The van der Waals surface area contributed by atoms with Gasteiger partial charge in [0.1, 0.15) is 0 Å². The van der Waals surface area contributed by atoms with Crippen molar-refractivity contribution in [3.63, 3.8) is 0 Å². The first kappa shape index (κ1) is 8.23. The van der Waals surface area contributed by atoms with Crippen molar-refractivity contribution in [3.8, 4) is 5.75 Å². The molecule has 2 nitrogen and oxygen atoms in total. The monoisotopic (exact) mass is 180 g/mol. The van der Waals surface area contributed by atoms with Gasteiger partial charge in [0.25, 0.3) is 0 Å². The molecule has 0 radical (unpaired) electrons. The van der Waals surface area contributed by atoms with Gasteiger partial charge in [-0.3, -0.25) is 4.79 Å². The van der Waals surface area contributed by atoms with Crippen molar-refractivity contribution in [2.24, 2.45) is 5.92 Å². The number of rotatable bonds is 2. The molecule has 1 saturated carbocycles. The number of aromatic hydroxyl groups is 1. The van der Waals surface area contributed by atoms with E-state index < -0.39 is 11.6 Å². The van der Waals surface area contributed by atoms with Gasteiger partial charge in [-0.2, -0.15) is 0 Å². The maximum atomic E-state index is 12.8. The van der Waals surface area contributed by atoms with Crippen molar-refractivity contribution in [3.05, 3.63) is 29.6 Å². The van der Waals surface area contributed by atoms with Crippen LogP contribution in [0.15, 0.2) is 18.2 Å². The zero-order chi connectivity index (χ0) is 9.42. The molecule has 0 bridgehead atoms. The van der Waals surface area contributed by atoms with Crippen molar-refractivity contribution in [1.82, 2.24) is 0 Å². The molecule has 0 spiro atoms. The van der Waals surface area contributed by atoms with Crippen molar-refractivity contribution in [2.45, 2.75) is 12.8 Å². The highest BCUT2D eigenvalue weighted by Crippen LogP contribution is 2.33. The van der Waals surface area contributed by atoms with E-state index in [1.807, 2.05) is 0 Å². The van der Waals surface area contributed by atoms with Gasteiger partial charge >= 0.3 is 0 Å². The molecule has 0 heterocycles. The number of phenols is 1. The van der Waals surface area contributed by atoms with Crippen molar-refractivity contribution >= 4 is 5.78 Å². The molecule has 68 valence electrons. The van der Waals surface area contributed by atoms with Crippen molar-refractivity contribution < 1.29 is 14.3 Å². The number of carbonyl (C=O) groups is 1. The summed E-state index contributed by atoms with van der Waals surface area (Å²) < 4.78 is 12.8. The van der Waals surface area contributed by atoms with E-state index in [0.717, 1.165) is 18.9 Å². The Morgan fingerprint density at radius 1 is 1.46 bits per heavy atom. The van der Waals surface area contributed by atoms with Gasteiger partial charge in [0.05, 0.1) is 0 Å². The molecule has 2 rings (SSSR count). The summed E-state index contributed by atoms with van der Waals surface area (Å²) in [5, 5.41) is 8.89. The Hall–Kier alpha value is -1.38. The summed E-state index contributed by atoms with van der Waals surface area (Å²) in [4.78, 5) is 11.4. The Bertz CT molecular complexity index is 356. The Morgan fingerprint density at radius 2 is 2.15 bits per heavy atom. The zero-order valence-electron chi connectivity index (χ0n) is 6.96. The quantitative estimate of drug-likeness (QED) is 0.708. The molecule has 0 aliphatic heterocycles. The largest absolute Gasteiger partial charge is 0.505 e. The number of phenolic OH excluding ortho intramolecular Hbond substituents is 1. The summed E-state index contributed by atoms with van der Waals surface area (Å²) in [6.45, 7) is 0. The van der Waals surface area contributed by atoms with E-state index in [2.05, 4.69) is 0 Å². The van der Waals surface area contributed by atoms with Crippen LogP contribution >= 0.6 is 0 Å². The fraction of sp³-hybridized carbons (Fsp3) is 0.300. The molecule has 1 N–H and O–H groups in total. The van der Waals surface area contributed by atoms with Crippen LogP contribution in [0.5, 0.6) is 5.75 Å². The average Bonchev–Trinajstić information content (AvgIpc) is 2.91. The number of hydrogen-bond acceptors (Lipinski definition) is 2. The highest BCUT2D eigenvalue weighted by atomic mass is 19.1. The van der Waals surface area contributed by atoms with Crippen LogP contribution in [-0.2, 0) is 0 Å². The normalized spacial score (nSPS) is 15.8. The smallest absolute Gasteiger partial charge is 0.166 e. The Labute approximate surface area is 75.0 Å². The van der Waals surface area contributed by atoms with Gasteiger partial charge in [0.2, 0.25) is 0 Å². The molecule has 0 unspecified atom stereocenters. The Morgan fingerprint density at radius 3 is 2.69 bits per heavy atom. The molecular formula is C10H9FO2. The molecule has 1 fully saturated rings. The van der Waals surface area contributed by atoms with E-state index in [1.54, 1.807) is 0 Å². The maximum absolute atomic E-state index is 12.8. The molecule has 1 aliphatic rings. The van der Waals surface area contributed by atoms with Crippen molar-refractivity contribution in [2.75, 3.05) is 0 Å². The van der Waals surface area contributed by atoms with Gasteiger partial charge in [-0.15, -0.1) is 0 Å². The van der Waals surface area contributed by atoms with Crippen LogP contribution in [-0.4, -0.2) is 10.9 Å². The predicted molar refractivity (Wildman–Crippen MR) is 45.1 cm³/mol. The number of Topliss-reactive ketones (excluding diaryl/α,β-unsaturated/α-hetero) is 1. The second kappa shape index (κ2) is 2.83. The van der Waals surface area contributed by atoms with Gasteiger partial charge in [0, 0.05) is 11.5 Å². The topological polar surface area (TPSA) is 37.3 Å². The van der Waals surface area contributed by atoms with E-state index in [-0.39, 0.29) is 11.7 Å². The lowest BCUT2D eigenvalue weighted by atomic mass is 10.1.